The van der Waals surface area contributed by atoms with Gasteiger partial charge in [0.15, 0.2) is 22.1 Å². The molecule has 0 radical (unpaired) electrons. The number of benzene rings is 1. The Morgan fingerprint density at radius 1 is 0.609 bits per heavy atom. The number of pyridine rings is 2. The van der Waals surface area contributed by atoms with Gasteiger partial charge in [-0.3, -0.25) is 9.80 Å². The number of aromatic nitrogens is 4. The first kappa shape index (κ1) is 32.2. The minimum atomic E-state index is -4.94. The number of nitrogens with zero attached hydrogens (tertiary/aromatic N) is 6. The van der Waals surface area contributed by atoms with Gasteiger partial charge in [-0.25, -0.2) is 46.1 Å². The highest BCUT2D eigenvalue weighted by Gasteiger charge is 2.37. The second kappa shape index (κ2) is 12.4. The van der Waals surface area contributed by atoms with Gasteiger partial charge in [-0.15, -0.1) is 20.5 Å². The zero-order valence-corrected chi connectivity index (χ0v) is 25.7. The van der Waals surface area contributed by atoms with E-state index in [2.05, 4.69) is 88.3 Å². The van der Waals surface area contributed by atoms with Crippen LogP contribution in [-0.4, -0.2) is 48.2 Å². The summed E-state index contributed by atoms with van der Waals surface area (Å²) in [5, 5.41) is 0. The molecule has 7 heterocycles. The highest BCUT2D eigenvalue weighted by Crippen LogP contribution is 2.35. The van der Waals surface area contributed by atoms with Crippen LogP contribution in [0.15, 0.2) is 67.0 Å². The standard InChI is InChI=1S/C28H29N7O.2ClHO4/c29-20-9-10-21-24(19-20)35-26(23-8-2-4-14-33(23)28(35)31-15-17-36-18-16-31)25-22-7-1-3-13-32(22)27(34(21)25)30-11-5-6-12-30;2*2-1(3,4)5/h1-4,7-10,13-14,19H,5-6,11-12,15-18,29H2;2*(H,2,3,4,5)/q+2;;/p-2. The Kier molecular flexibility index (Phi) is 8.70. The minimum absolute atomic E-state index is 0.730. The van der Waals surface area contributed by atoms with Gasteiger partial charge in [-0.2, -0.15) is 8.80 Å². The maximum atomic E-state index is 8.49. The third-order valence-electron chi connectivity index (χ3n) is 7.87. The molecule has 0 spiro atoms. The van der Waals surface area contributed by atoms with Crippen LogP contribution in [0.5, 0.6) is 0 Å². The number of anilines is 3. The van der Waals surface area contributed by atoms with Crippen molar-refractivity contribution in [3.05, 3.63) is 67.0 Å². The first-order valence-electron chi connectivity index (χ1n) is 14.1. The molecule has 0 amide bonds. The van der Waals surface area contributed by atoms with E-state index in [0.717, 1.165) is 62.1 Å². The molecule has 2 aliphatic heterocycles. The van der Waals surface area contributed by atoms with Crippen LogP contribution < -0.4 is 61.6 Å². The topological polar surface area (TPSA) is 243 Å². The molecule has 0 atom stereocenters. The molecule has 2 saturated heterocycles. The van der Waals surface area contributed by atoms with Gasteiger partial charge >= 0.3 is 11.9 Å². The maximum absolute atomic E-state index is 8.49. The lowest BCUT2D eigenvalue weighted by atomic mass is 10.2. The lowest BCUT2D eigenvalue weighted by Gasteiger charge is -2.22. The summed E-state index contributed by atoms with van der Waals surface area (Å²) in [6, 6.07) is 19.4. The van der Waals surface area contributed by atoms with Gasteiger partial charge in [0, 0.05) is 11.8 Å². The third kappa shape index (κ3) is 6.41. The molecule has 6 aromatic rings. The third-order valence-corrected chi connectivity index (χ3v) is 7.87. The Hall–Kier alpha value is -3.78. The van der Waals surface area contributed by atoms with Gasteiger partial charge in [0.1, 0.15) is 11.0 Å². The number of halogens is 2. The van der Waals surface area contributed by atoms with Crippen molar-refractivity contribution in [1.29, 1.82) is 0 Å². The van der Waals surface area contributed by atoms with E-state index in [0.29, 0.717) is 0 Å². The van der Waals surface area contributed by atoms with Crippen LogP contribution in [0, 0.1) is 20.5 Å². The van der Waals surface area contributed by atoms with Crippen molar-refractivity contribution in [2.45, 2.75) is 12.8 Å². The van der Waals surface area contributed by atoms with Crippen molar-refractivity contribution >= 4 is 50.7 Å². The summed E-state index contributed by atoms with van der Waals surface area (Å²) in [5.41, 5.74) is 14.3. The van der Waals surface area contributed by atoms with Crippen LogP contribution in [0.3, 0.4) is 0 Å². The highest BCUT2D eigenvalue weighted by molar-refractivity contribution is 6.04. The van der Waals surface area contributed by atoms with E-state index >= 15 is 0 Å². The SMILES string of the molecule is Nc1ccc2c(c1)n1c(N3CCOCC3)[n+]3ccccc3c1c1c3cccc[n+]3c(N3CCCC3)n21.[O-][Cl+3]([O-])([O-])[O-].[O-][Cl+3]([O-])([O-])[O-]. The normalized spacial score (nSPS) is 15.9. The zero-order chi connectivity index (χ0) is 32.8. The molecule has 1 aromatic carbocycles. The molecule has 5 aromatic heterocycles. The van der Waals surface area contributed by atoms with Crippen molar-refractivity contribution in [1.82, 2.24) is 8.80 Å². The molecular formula is C28H29Cl2N7O9. The smallest absolute Gasteiger partial charge is 0.370 e. The van der Waals surface area contributed by atoms with E-state index in [1.54, 1.807) is 0 Å². The van der Waals surface area contributed by atoms with Gasteiger partial charge in [0.25, 0.3) is 0 Å². The number of hydrogen-bond donors (Lipinski definition) is 1. The largest absolute Gasteiger partial charge is 0.399 e. The molecule has 0 bridgehead atoms. The van der Waals surface area contributed by atoms with Crippen molar-refractivity contribution in [3.8, 4) is 0 Å². The number of nitrogens with two attached hydrogens (primary N) is 1. The van der Waals surface area contributed by atoms with Gasteiger partial charge in [-0.1, -0.05) is 12.1 Å². The van der Waals surface area contributed by atoms with Crippen LogP contribution >= 0.6 is 0 Å². The fourth-order valence-electron chi connectivity index (χ4n) is 6.35. The van der Waals surface area contributed by atoms with Crippen LogP contribution in [0.2, 0.25) is 0 Å². The average molecular weight is 678 g/mol. The summed E-state index contributed by atoms with van der Waals surface area (Å²) >= 11 is 0. The molecule has 18 heteroatoms. The van der Waals surface area contributed by atoms with Crippen molar-refractivity contribution < 1.29 is 71.3 Å². The highest BCUT2D eigenvalue weighted by atomic mass is 35.7. The molecule has 8 rings (SSSR count). The van der Waals surface area contributed by atoms with Crippen molar-refractivity contribution in [2.24, 2.45) is 0 Å². The van der Waals surface area contributed by atoms with Gasteiger partial charge < -0.3 is 10.5 Å². The molecule has 16 nitrogen and oxygen atoms in total. The van der Waals surface area contributed by atoms with Gasteiger partial charge in [0.2, 0.25) is 0 Å². The molecule has 0 saturated carbocycles. The van der Waals surface area contributed by atoms with Gasteiger partial charge in [-0.05, 0) is 49.2 Å². The van der Waals surface area contributed by atoms with Crippen LogP contribution in [0.4, 0.5) is 17.6 Å². The van der Waals surface area contributed by atoms with E-state index < -0.39 is 20.5 Å². The number of ether oxygens (including phenoxy) is 1. The fraction of sp³-hybridized carbons (Fsp3) is 0.286. The predicted octanol–water partition coefficient (Wildman–Crippen LogP) is -6.67. The predicted molar refractivity (Wildman–Crippen MR) is 141 cm³/mol. The molecule has 2 fully saturated rings. The molecule has 2 aliphatic rings. The Labute approximate surface area is 265 Å². The summed E-state index contributed by atoms with van der Waals surface area (Å²) < 4.78 is 83.3. The number of rotatable bonds is 2. The number of fused-ring (bicyclic) bond motifs is 10. The first-order valence-corrected chi connectivity index (χ1v) is 16.6. The Bertz CT molecular complexity index is 2010. The molecule has 2 N–H and O–H groups in total. The van der Waals surface area contributed by atoms with E-state index in [-0.39, 0.29) is 0 Å². The lowest BCUT2D eigenvalue weighted by Crippen LogP contribution is -2.68. The Morgan fingerprint density at radius 2 is 1.07 bits per heavy atom. The summed E-state index contributed by atoms with van der Waals surface area (Å²) in [6.45, 7) is 5.31. The quantitative estimate of drug-likeness (QED) is 0.133. The van der Waals surface area contributed by atoms with E-state index in [1.165, 1.54) is 40.9 Å². The minimum Gasteiger partial charge on any atom is -0.399 e. The number of morpholine rings is 1. The molecular weight excluding hydrogens is 649 g/mol. The van der Waals surface area contributed by atoms with E-state index in [4.69, 9.17) is 47.7 Å². The second-order valence-corrected chi connectivity index (χ2v) is 12.2. The van der Waals surface area contributed by atoms with Crippen LogP contribution in [0.25, 0.3) is 33.1 Å². The van der Waals surface area contributed by atoms with Crippen molar-refractivity contribution in [2.75, 3.05) is 54.9 Å². The summed E-state index contributed by atoms with van der Waals surface area (Å²) in [4.78, 5) is 4.98. The van der Waals surface area contributed by atoms with Crippen LogP contribution in [0.1, 0.15) is 12.8 Å². The molecule has 46 heavy (non-hydrogen) atoms. The monoisotopic (exact) mass is 677 g/mol. The molecule has 244 valence electrons. The van der Waals surface area contributed by atoms with E-state index in [1.807, 2.05) is 6.07 Å². The first-order chi connectivity index (χ1) is 21.8. The average Bonchev–Trinajstić information content (AvgIpc) is 3.71. The zero-order valence-electron chi connectivity index (χ0n) is 24.2. The maximum Gasteiger partial charge on any atom is 0.370 e. The fourth-order valence-corrected chi connectivity index (χ4v) is 6.35. The number of imidazole rings is 2. The van der Waals surface area contributed by atoms with Crippen molar-refractivity contribution in [3.63, 3.8) is 0 Å². The van der Waals surface area contributed by atoms with E-state index in [9.17, 15) is 0 Å². The molecule has 0 aliphatic carbocycles. The summed E-state index contributed by atoms with van der Waals surface area (Å²) in [5.74, 6) is 2.37. The van der Waals surface area contributed by atoms with Gasteiger partial charge in [0.05, 0.1) is 51.8 Å². The lowest BCUT2D eigenvalue weighted by molar-refractivity contribution is -2.00. The number of nitrogen functional groups attached to an aromatic ring is 1. The Morgan fingerprint density at radius 3 is 1.57 bits per heavy atom. The summed E-state index contributed by atoms with van der Waals surface area (Å²) in [6.07, 6.45) is 6.83. The Balaban J connectivity index is 0.000000328. The summed E-state index contributed by atoms with van der Waals surface area (Å²) in [7, 11) is -9.89. The molecule has 0 unspecified atom stereocenters. The second-order valence-electron chi connectivity index (χ2n) is 10.7. The number of hydrogen-bond acceptors (Lipinski definition) is 12. The van der Waals surface area contributed by atoms with Crippen LogP contribution in [-0.2, 0) is 4.74 Å².